The number of amides is 1. The molecule has 4 heteroatoms. The molecular formula is C18H29N3O. The average Bonchev–Trinajstić information content (AvgIpc) is 2.91. The van der Waals surface area contributed by atoms with Crippen molar-refractivity contribution in [2.75, 3.05) is 26.2 Å². The minimum atomic E-state index is -0.0785. The number of benzene rings is 1. The predicted octanol–water partition coefficient (Wildman–Crippen LogP) is 1.71. The van der Waals surface area contributed by atoms with Crippen molar-refractivity contribution in [2.45, 2.75) is 39.7 Å². The fraction of sp³-hybridized carbons (Fsp3) is 0.611. The highest BCUT2D eigenvalue weighted by atomic mass is 16.2. The molecule has 1 heterocycles. The van der Waals surface area contributed by atoms with Crippen LogP contribution in [0.5, 0.6) is 0 Å². The number of nitrogens with two attached hydrogens (primary N) is 1. The van der Waals surface area contributed by atoms with Crippen LogP contribution in [0.4, 0.5) is 0 Å². The topological polar surface area (TPSA) is 58.4 Å². The second kappa shape index (κ2) is 7.25. The van der Waals surface area contributed by atoms with Crippen molar-refractivity contribution in [1.29, 1.82) is 0 Å². The molecule has 2 rings (SSSR count). The van der Waals surface area contributed by atoms with Gasteiger partial charge in [-0.25, -0.2) is 0 Å². The lowest BCUT2D eigenvalue weighted by molar-refractivity contribution is -0.125. The molecule has 22 heavy (non-hydrogen) atoms. The van der Waals surface area contributed by atoms with Crippen LogP contribution in [-0.4, -0.2) is 43.0 Å². The number of carbonyl (C=O) groups excluding carboxylic acids is 1. The number of likely N-dealkylation sites (tertiary alicyclic amines) is 1. The SMILES string of the molecule is Cc1ccccc1CCNC(=O)C(C)N1CCC(C)(CN)C1. The fourth-order valence-corrected chi connectivity index (χ4v) is 3.08. The van der Waals surface area contributed by atoms with Crippen molar-refractivity contribution in [1.82, 2.24) is 10.2 Å². The lowest BCUT2D eigenvalue weighted by atomic mass is 9.90. The molecule has 0 aliphatic carbocycles. The quantitative estimate of drug-likeness (QED) is 0.841. The van der Waals surface area contributed by atoms with Gasteiger partial charge in [-0.05, 0) is 56.3 Å². The molecule has 4 nitrogen and oxygen atoms in total. The van der Waals surface area contributed by atoms with Gasteiger partial charge in [-0.1, -0.05) is 31.2 Å². The largest absolute Gasteiger partial charge is 0.354 e. The van der Waals surface area contributed by atoms with E-state index in [9.17, 15) is 4.79 Å². The van der Waals surface area contributed by atoms with Crippen molar-refractivity contribution in [3.05, 3.63) is 35.4 Å². The molecule has 2 unspecified atom stereocenters. The Labute approximate surface area is 134 Å². The molecule has 0 bridgehead atoms. The van der Waals surface area contributed by atoms with Crippen LogP contribution in [0.1, 0.15) is 31.4 Å². The van der Waals surface area contributed by atoms with E-state index >= 15 is 0 Å². The van der Waals surface area contributed by atoms with Crippen LogP contribution in [0.2, 0.25) is 0 Å². The number of carbonyl (C=O) groups is 1. The molecule has 0 radical (unpaired) electrons. The van der Waals surface area contributed by atoms with Crippen LogP contribution in [0.25, 0.3) is 0 Å². The van der Waals surface area contributed by atoms with Crippen molar-refractivity contribution < 1.29 is 4.79 Å². The zero-order valence-corrected chi connectivity index (χ0v) is 14.1. The van der Waals surface area contributed by atoms with Crippen molar-refractivity contribution in [3.63, 3.8) is 0 Å². The summed E-state index contributed by atoms with van der Waals surface area (Å²) in [6.45, 7) is 9.55. The first-order valence-corrected chi connectivity index (χ1v) is 8.21. The molecule has 0 aromatic heterocycles. The summed E-state index contributed by atoms with van der Waals surface area (Å²) < 4.78 is 0. The number of nitrogens with one attached hydrogen (secondary N) is 1. The Morgan fingerprint density at radius 2 is 2.18 bits per heavy atom. The Hall–Kier alpha value is -1.39. The van der Waals surface area contributed by atoms with E-state index in [1.54, 1.807) is 0 Å². The molecule has 3 N–H and O–H groups in total. The van der Waals surface area contributed by atoms with Gasteiger partial charge < -0.3 is 11.1 Å². The van der Waals surface area contributed by atoms with Gasteiger partial charge in [-0.15, -0.1) is 0 Å². The summed E-state index contributed by atoms with van der Waals surface area (Å²) in [7, 11) is 0. The van der Waals surface area contributed by atoms with Gasteiger partial charge in [-0.2, -0.15) is 0 Å². The maximum atomic E-state index is 12.3. The van der Waals surface area contributed by atoms with Gasteiger partial charge in [0.25, 0.3) is 0 Å². The van der Waals surface area contributed by atoms with E-state index in [1.807, 2.05) is 19.1 Å². The molecule has 1 aliphatic rings. The predicted molar refractivity (Wildman–Crippen MR) is 90.7 cm³/mol. The van der Waals surface area contributed by atoms with Gasteiger partial charge in [0.15, 0.2) is 0 Å². The van der Waals surface area contributed by atoms with Gasteiger partial charge in [0, 0.05) is 13.1 Å². The molecule has 0 saturated carbocycles. The van der Waals surface area contributed by atoms with E-state index in [2.05, 4.69) is 36.2 Å². The lowest BCUT2D eigenvalue weighted by Crippen LogP contribution is -2.45. The molecule has 122 valence electrons. The van der Waals surface area contributed by atoms with Crippen LogP contribution < -0.4 is 11.1 Å². The molecule has 2 atom stereocenters. The van der Waals surface area contributed by atoms with Gasteiger partial charge in [0.2, 0.25) is 5.91 Å². The molecule has 1 amide bonds. The van der Waals surface area contributed by atoms with Gasteiger partial charge in [0.05, 0.1) is 6.04 Å². The third-order valence-electron chi connectivity index (χ3n) is 4.96. The highest BCUT2D eigenvalue weighted by Crippen LogP contribution is 2.29. The molecule has 1 aromatic carbocycles. The van der Waals surface area contributed by atoms with E-state index in [0.29, 0.717) is 13.1 Å². The molecule has 1 fully saturated rings. The standard InChI is InChI=1S/C18H29N3O/c1-14-6-4-5-7-16(14)8-10-20-17(22)15(2)21-11-9-18(3,12-19)13-21/h4-7,15H,8-13,19H2,1-3H3,(H,20,22). The number of rotatable bonds is 6. The summed E-state index contributed by atoms with van der Waals surface area (Å²) in [6, 6.07) is 8.24. The smallest absolute Gasteiger partial charge is 0.237 e. The summed E-state index contributed by atoms with van der Waals surface area (Å²) in [6.07, 6.45) is 1.95. The van der Waals surface area contributed by atoms with Gasteiger partial charge >= 0.3 is 0 Å². The number of nitrogens with zero attached hydrogens (tertiary/aromatic N) is 1. The highest BCUT2D eigenvalue weighted by molar-refractivity contribution is 5.81. The Balaban J connectivity index is 1.79. The maximum Gasteiger partial charge on any atom is 0.237 e. The highest BCUT2D eigenvalue weighted by Gasteiger charge is 2.36. The Morgan fingerprint density at radius 1 is 1.45 bits per heavy atom. The minimum absolute atomic E-state index is 0.0785. The van der Waals surface area contributed by atoms with Gasteiger partial charge in [0.1, 0.15) is 0 Å². The van der Waals surface area contributed by atoms with Crippen LogP contribution in [-0.2, 0) is 11.2 Å². The number of aryl methyl sites for hydroxylation is 1. The van der Waals surface area contributed by atoms with Crippen LogP contribution in [0, 0.1) is 12.3 Å². The fourth-order valence-electron chi connectivity index (χ4n) is 3.08. The number of hydrogen-bond acceptors (Lipinski definition) is 3. The monoisotopic (exact) mass is 303 g/mol. The molecule has 0 spiro atoms. The number of hydrogen-bond donors (Lipinski definition) is 2. The zero-order chi connectivity index (χ0) is 16.2. The van der Waals surface area contributed by atoms with Gasteiger partial charge in [-0.3, -0.25) is 9.69 Å². The second-order valence-corrected chi connectivity index (χ2v) is 6.88. The van der Waals surface area contributed by atoms with Crippen molar-refractivity contribution >= 4 is 5.91 Å². The minimum Gasteiger partial charge on any atom is -0.354 e. The zero-order valence-electron chi connectivity index (χ0n) is 14.1. The third-order valence-corrected chi connectivity index (χ3v) is 4.96. The average molecular weight is 303 g/mol. The van der Waals surface area contributed by atoms with E-state index in [1.165, 1.54) is 11.1 Å². The summed E-state index contributed by atoms with van der Waals surface area (Å²) in [5.74, 6) is 0.120. The van der Waals surface area contributed by atoms with Crippen molar-refractivity contribution in [2.24, 2.45) is 11.1 Å². The summed E-state index contributed by atoms with van der Waals surface area (Å²) >= 11 is 0. The van der Waals surface area contributed by atoms with Crippen molar-refractivity contribution in [3.8, 4) is 0 Å². The first-order chi connectivity index (χ1) is 10.4. The van der Waals surface area contributed by atoms with E-state index in [0.717, 1.165) is 25.9 Å². The second-order valence-electron chi connectivity index (χ2n) is 6.88. The normalized spacial score (nSPS) is 23.5. The Kier molecular flexibility index (Phi) is 5.59. The van der Waals surface area contributed by atoms with E-state index < -0.39 is 0 Å². The first kappa shape index (κ1) is 17.0. The van der Waals surface area contributed by atoms with Crippen LogP contribution >= 0.6 is 0 Å². The van der Waals surface area contributed by atoms with Crippen LogP contribution in [0.15, 0.2) is 24.3 Å². The molecule has 1 saturated heterocycles. The molecule has 1 aliphatic heterocycles. The Bertz CT molecular complexity index is 517. The first-order valence-electron chi connectivity index (χ1n) is 8.21. The van der Waals surface area contributed by atoms with E-state index in [-0.39, 0.29) is 17.4 Å². The molecule has 1 aromatic rings. The van der Waals surface area contributed by atoms with Crippen LogP contribution in [0.3, 0.4) is 0 Å². The van der Waals surface area contributed by atoms with E-state index in [4.69, 9.17) is 5.73 Å². The summed E-state index contributed by atoms with van der Waals surface area (Å²) in [5, 5.41) is 3.07. The Morgan fingerprint density at radius 3 is 2.82 bits per heavy atom. The lowest BCUT2D eigenvalue weighted by Gasteiger charge is -2.26. The maximum absolute atomic E-state index is 12.3. The summed E-state index contributed by atoms with van der Waals surface area (Å²) in [5.41, 5.74) is 8.58. The summed E-state index contributed by atoms with van der Waals surface area (Å²) in [4.78, 5) is 14.6. The third kappa shape index (κ3) is 4.08. The molecular weight excluding hydrogens is 274 g/mol.